The van der Waals surface area contributed by atoms with Gasteiger partial charge in [-0.1, -0.05) is 39.0 Å². The van der Waals surface area contributed by atoms with Crippen LogP contribution in [0.5, 0.6) is 5.88 Å². The van der Waals surface area contributed by atoms with Crippen molar-refractivity contribution in [1.82, 2.24) is 9.55 Å². The van der Waals surface area contributed by atoms with Gasteiger partial charge < -0.3 is 9.67 Å². The Bertz CT molecular complexity index is 281. The first-order valence-electron chi connectivity index (χ1n) is 5.96. The molecule has 0 fully saturated rings. The first-order valence-corrected chi connectivity index (χ1v) is 5.96. The predicted molar refractivity (Wildman–Crippen MR) is 62.0 cm³/mol. The van der Waals surface area contributed by atoms with E-state index in [0.717, 1.165) is 12.4 Å². The molecule has 15 heavy (non-hydrogen) atoms. The van der Waals surface area contributed by atoms with Crippen molar-refractivity contribution in [1.29, 1.82) is 0 Å². The molecule has 3 heteroatoms. The Labute approximate surface area is 92.1 Å². The van der Waals surface area contributed by atoms with Crippen molar-refractivity contribution in [3.05, 3.63) is 12.0 Å². The second-order valence-corrected chi connectivity index (χ2v) is 4.11. The standard InChI is InChI=1S/C12H22N2O/c1-3-4-5-6-7-8-9-14-10-12(15)13-11(14)2/h10,15H,3-9H2,1-2H3. The number of aromatic nitrogens is 2. The summed E-state index contributed by atoms with van der Waals surface area (Å²) >= 11 is 0. The fraction of sp³-hybridized carbons (Fsp3) is 0.750. The Hall–Kier alpha value is -0.990. The van der Waals surface area contributed by atoms with Crippen LogP contribution >= 0.6 is 0 Å². The second-order valence-electron chi connectivity index (χ2n) is 4.11. The highest BCUT2D eigenvalue weighted by Crippen LogP contribution is 2.11. The lowest BCUT2D eigenvalue weighted by Crippen LogP contribution is -1.98. The van der Waals surface area contributed by atoms with Gasteiger partial charge in [0, 0.05) is 6.54 Å². The fourth-order valence-corrected chi connectivity index (χ4v) is 1.78. The summed E-state index contributed by atoms with van der Waals surface area (Å²) in [5, 5.41) is 9.17. The molecule has 1 aromatic heterocycles. The minimum atomic E-state index is 0.137. The number of nitrogens with zero attached hydrogens (tertiary/aromatic N) is 2. The molecule has 0 bridgehead atoms. The number of imidazole rings is 1. The van der Waals surface area contributed by atoms with Gasteiger partial charge in [-0.2, -0.15) is 4.98 Å². The van der Waals surface area contributed by atoms with Gasteiger partial charge in [-0.15, -0.1) is 0 Å². The number of hydrogen-bond donors (Lipinski definition) is 1. The molecule has 1 N–H and O–H groups in total. The maximum Gasteiger partial charge on any atom is 0.229 e. The van der Waals surface area contributed by atoms with Crippen LogP contribution in [-0.4, -0.2) is 14.7 Å². The molecule has 0 aromatic carbocycles. The van der Waals surface area contributed by atoms with Crippen LogP contribution in [0.2, 0.25) is 0 Å². The SMILES string of the molecule is CCCCCCCCn1cc(O)nc1C. The number of aromatic hydroxyl groups is 1. The van der Waals surface area contributed by atoms with Crippen LogP contribution in [0, 0.1) is 6.92 Å². The summed E-state index contributed by atoms with van der Waals surface area (Å²) in [6.45, 7) is 5.14. The second kappa shape index (κ2) is 6.49. The van der Waals surface area contributed by atoms with Crippen molar-refractivity contribution >= 4 is 0 Å². The van der Waals surface area contributed by atoms with Gasteiger partial charge in [-0.05, 0) is 13.3 Å². The zero-order valence-corrected chi connectivity index (χ0v) is 9.87. The molecule has 86 valence electrons. The number of hydrogen-bond acceptors (Lipinski definition) is 2. The van der Waals surface area contributed by atoms with Crippen molar-refractivity contribution in [3.63, 3.8) is 0 Å². The predicted octanol–water partition coefficient (Wildman–Crippen LogP) is 3.26. The van der Waals surface area contributed by atoms with Crippen LogP contribution < -0.4 is 0 Å². The Balaban J connectivity index is 2.12. The quantitative estimate of drug-likeness (QED) is 0.701. The van der Waals surface area contributed by atoms with E-state index in [1.54, 1.807) is 6.20 Å². The highest BCUT2D eigenvalue weighted by molar-refractivity contribution is 5.06. The van der Waals surface area contributed by atoms with Crippen molar-refractivity contribution in [3.8, 4) is 5.88 Å². The molecule has 0 aliphatic heterocycles. The zero-order valence-electron chi connectivity index (χ0n) is 9.87. The molecule has 1 heterocycles. The molecule has 0 spiro atoms. The molecular formula is C12H22N2O. The van der Waals surface area contributed by atoms with Gasteiger partial charge in [0.05, 0.1) is 6.20 Å². The van der Waals surface area contributed by atoms with Gasteiger partial charge in [0.1, 0.15) is 5.82 Å². The van der Waals surface area contributed by atoms with Gasteiger partial charge in [-0.3, -0.25) is 0 Å². The number of aryl methyl sites for hydroxylation is 2. The van der Waals surface area contributed by atoms with Crippen molar-refractivity contribution in [2.45, 2.75) is 58.9 Å². The number of unbranched alkanes of at least 4 members (excludes halogenated alkanes) is 5. The van der Waals surface area contributed by atoms with E-state index < -0.39 is 0 Å². The van der Waals surface area contributed by atoms with E-state index in [2.05, 4.69) is 11.9 Å². The molecule has 3 nitrogen and oxygen atoms in total. The lowest BCUT2D eigenvalue weighted by atomic mass is 10.1. The van der Waals surface area contributed by atoms with Crippen molar-refractivity contribution < 1.29 is 5.11 Å². The third-order valence-electron chi connectivity index (χ3n) is 2.72. The lowest BCUT2D eigenvalue weighted by molar-refractivity contribution is 0.454. The fourth-order valence-electron chi connectivity index (χ4n) is 1.78. The molecule has 0 unspecified atom stereocenters. The topological polar surface area (TPSA) is 38.0 Å². The summed E-state index contributed by atoms with van der Waals surface area (Å²) in [7, 11) is 0. The maximum absolute atomic E-state index is 9.17. The summed E-state index contributed by atoms with van der Waals surface area (Å²) < 4.78 is 2.02. The maximum atomic E-state index is 9.17. The van der Waals surface area contributed by atoms with Crippen LogP contribution in [0.25, 0.3) is 0 Å². The average Bonchev–Trinajstić information content (AvgIpc) is 2.51. The average molecular weight is 210 g/mol. The van der Waals surface area contributed by atoms with E-state index in [0.29, 0.717) is 0 Å². The Morgan fingerprint density at radius 1 is 1.20 bits per heavy atom. The molecule has 1 aromatic rings. The van der Waals surface area contributed by atoms with E-state index in [1.807, 2.05) is 11.5 Å². The molecule has 0 atom stereocenters. The van der Waals surface area contributed by atoms with E-state index in [9.17, 15) is 5.11 Å². The van der Waals surface area contributed by atoms with E-state index >= 15 is 0 Å². The molecule has 0 saturated carbocycles. The van der Waals surface area contributed by atoms with Gasteiger partial charge in [0.25, 0.3) is 0 Å². The van der Waals surface area contributed by atoms with Gasteiger partial charge in [0.2, 0.25) is 5.88 Å². The summed E-state index contributed by atoms with van der Waals surface area (Å²) in [4.78, 5) is 3.96. The van der Waals surface area contributed by atoms with Crippen LogP contribution in [-0.2, 0) is 6.54 Å². The number of rotatable bonds is 7. The molecule has 0 saturated heterocycles. The zero-order chi connectivity index (χ0) is 11.1. The molecule has 0 aliphatic carbocycles. The van der Waals surface area contributed by atoms with Crippen LogP contribution in [0.15, 0.2) is 6.20 Å². The Kier molecular flexibility index (Phi) is 5.22. The third kappa shape index (κ3) is 4.36. The monoisotopic (exact) mass is 210 g/mol. The minimum Gasteiger partial charge on any atom is -0.492 e. The molecular weight excluding hydrogens is 188 g/mol. The summed E-state index contributed by atoms with van der Waals surface area (Å²) in [5.74, 6) is 1.04. The van der Waals surface area contributed by atoms with Gasteiger partial charge in [-0.25, -0.2) is 0 Å². The summed E-state index contributed by atoms with van der Waals surface area (Å²) in [5.41, 5.74) is 0. The Morgan fingerprint density at radius 3 is 2.47 bits per heavy atom. The highest BCUT2D eigenvalue weighted by atomic mass is 16.3. The molecule has 1 rings (SSSR count). The summed E-state index contributed by atoms with van der Waals surface area (Å²) in [6.07, 6.45) is 9.50. The first-order chi connectivity index (χ1) is 7.24. The highest BCUT2D eigenvalue weighted by Gasteiger charge is 2.01. The third-order valence-corrected chi connectivity index (χ3v) is 2.72. The summed E-state index contributed by atoms with van der Waals surface area (Å²) in [6, 6.07) is 0. The smallest absolute Gasteiger partial charge is 0.229 e. The molecule has 0 amide bonds. The van der Waals surface area contributed by atoms with Crippen molar-refractivity contribution in [2.75, 3.05) is 0 Å². The van der Waals surface area contributed by atoms with Crippen LogP contribution in [0.3, 0.4) is 0 Å². The van der Waals surface area contributed by atoms with Crippen LogP contribution in [0.4, 0.5) is 0 Å². The van der Waals surface area contributed by atoms with E-state index in [1.165, 1.54) is 38.5 Å². The van der Waals surface area contributed by atoms with E-state index in [-0.39, 0.29) is 5.88 Å². The van der Waals surface area contributed by atoms with Gasteiger partial charge >= 0.3 is 0 Å². The Morgan fingerprint density at radius 2 is 1.87 bits per heavy atom. The molecule has 0 radical (unpaired) electrons. The van der Waals surface area contributed by atoms with Gasteiger partial charge in [0.15, 0.2) is 0 Å². The largest absolute Gasteiger partial charge is 0.492 e. The molecule has 0 aliphatic rings. The van der Waals surface area contributed by atoms with Crippen molar-refractivity contribution in [2.24, 2.45) is 0 Å². The van der Waals surface area contributed by atoms with Crippen LogP contribution in [0.1, 0.15) is 51.3 Å². The normalized spacial score (nSPS) is 10.8. The van der Waals surface area contributed by atoms with E-state index in [4.69, 9.17) is 0 Å². The lowest BCUT2D eigenvalue weighted by Gasteiger charge is -2.04. The first kappa shape index (κ1) is 12.1. The minimum absolute atomic E-state index is 0.137.